The third kappa shape index (κ3) is 6.06. The molecule has 0 fully saturated rings. The van der Waals surface area contributed by atoms with Crippen LogP contribution in [0, 0.1) is 5.82 Å². The molecular formula is C21H26FN3O3. The van der Waals surface area contributed by atoms with Gasteiger partial charge in [0.05, 0.1) is 0 Å². The summed E-state index contributed by atoms with van der Waals surface area (Å²) in [6.07, 6.45) is -0.978. The van der Waals surface area contributed by atoms with E-state index in [0.717, 1.165) is 25.2 Å². The average molecular weight is 387 g/mol. The first-order valence-electron chi connectivity index (χ1n) is 9.27. The van der Waals surface area contributed by atoms with Gasteiger partial charge in [-0.3, -0.25) is 25.3 Å². The Morgan fingerprint density at radius 3 is 2.29 bits per heavy atom. The lowest BCUT2D eigenvalue weighted by Gasteiger charge is -2.18. The van der Waals surface area contributed by atoms with Crippen LogP contribution in [-0.4, -0.2) is 35.9 Å². The molecule has 28 heavy (non-hydrogen) atoms. The number of rotatable bonds is 8. The highest BCUT2D eigenvalue weighted by molar-refractivity contribution is 5.95. The molecule has 2 rings (SSSR count). The zero-order chi connectivity index (χ0) is 20.5. The lowest BCUT2D eigenvalue weighted by atomic mass is 10.1. The van der Waals surface area contributed by atoms with Crippen molar-refractivity contribution in [2.24, 2.45) is 0 Å². The minimum atomic E-state index is -0.978. The van der Waals surface area contributed by atoms with Crippen LogP contribution < -0.4 is 15.6 Å². The van der Waals surface area contributed by atoms with Gasteiger partial charge in [-0.15, -0.1) is 0 Å². The summed E-state index contributed by atoms with van der Waals surface area (Å²) >= 11 is 0. The van der Waals surface area contributed by atoms with E-state index >= 15 is 0 Å². The predicted molar refractivity (Wildman–Crippen MR) is 105 cm³/mol. The van der Waals surface area contributed by atoms with Crippen molar-refractivity contribution in [2.75, 3.05) is 13.1 Å². The smallest absolute Gasteiger partial charge is 0.279 e. The Kier molecular flexibility index (Phi) is 7.95. The highest BCUT2D eigenvalue weighted by Gasteiger charge is 2.17. The van der Waals surface area contributed by atoms with Gasteiger partial charge in [0.15, 0.2) is 17.7 Å². The minimum absolute atomic E-state index is 0.0275. The summed E-state index contributed by atoms with van der Waals surface area (Å²) in [7, 11) is 0. The normalized spacial score (nSPS) is 11.8. The van der Waals surface area contributed by atoms with E-state index in [2.05, 4.69) is 29.6 Å². The van der Waals surface area contributed by atoms with Crippen molar-refractivity contribution in [2.45, 2.75) is 33.4 Å². The van der Waals surface area contributed by atoms with Gasteiger partial charge in [-0.25, -0.2) is 4.39 Å². The second-order valence-electron chi connectivity index (χ2n) is 6.29. The molecule has 1 atom stereocenters. The average Bonchev–Trinajstić information content (AvgIpc) is 2.72. The van der Waals surface area contributed by atoms with E-state index in [1.54, 1.807) is 18.2 Å². The number of hydrazine groups is 1. The molecule has 0 aliphatic heterocycles. The second kappa shape index (κ2) is 10.4. The Bertz CT molecular complexity index is 792. The lowest BCUT2D eigenvalue weighted by molar-refractivity contribution is -0.128. The number of amides is 2. The van der Waals surface area contributed by atoms with E-state index in [0.29, 0.717) is 5.56 Å². The molecule has 0 heterocycles. The Labute approximate surface area is 164 Å². The molecule has 0 spiro atoms. The zero-order valence-corrected chi connectivity index (χ0v) is 16.4. The van der Waals surface area contributed by atoms with Gasteiger partial charge in [-0.1, -0.05) is 38.1 Å². The van der Waals surface area contributed by atoms with E-state index in [1.165, 1.54) is 25.1 Å². The number of nitrogens with one attached hydrogen (secondary N) is 2. The van der Waals surface area contributed by atoms with Gasteiger partial charge in [0.25, 0.3) is 11.8 Å². The lowest BCUT2D eigenvalue weighted by Crippen LogP contribution is -2.47. The van der Waals surface area contributed by atoms with Gasteiger partial charge < -0.3 is 4.74 Å². The Morgan fingerprint density at radius 2 is 1.68 bits per heavy atom. The fourth-order valence-electron chi connectivity index (χ4n) is 2.54. The number of hydrogen-bond acceptors (Lipinski definition) is 4. The molecule has 2 aromatic rings. The van der Waals surface area contributed by atoms with Crippen LogP contribution in [0.5, 0.6) is 5.75 Å². The van der Waals surface area contributed by atoms with Crippen LogP contribution >= 0.6 is 0 Å². The zero-order valence-electron chi connectivity index (χ0n) is 16.4. The molecule has 2 N–H and O–H groups in total. The minimum Gasteiger partial charge on any atom is -0.478 e. The maximum Gasteiger partial charge on any atom is 0.279 e. The highest BCUT2D eigenvalue weighted by Crippen LogP contribution is 2.16. The summed E-state index contributed by atoms with van der Waals surface area (Å²) in [6.45, 7) is 8.40. The summed E-state index contributed by atoms with van der Waals surface area (Å²) in [5.74, 6) is -1.62. The predicted octanol–water partition coefficient (Wildman–Crippen LogP) is 2.90. The van der Waals surface area contributed by atoms with Gasteiger partial charge in [-0.2, -0.15) is 0 Å². The third-order valence-electron chi connectivity index (χ3n) is 4.33. The number of halogens is 1. The van der Waals surface area contributed by atoms with Crippen LogP contribution in [0.15, 0.2) is 48.5 Å². The summed E-state index contributed by atoms with van der Waals surface area (Å²) < 4.78 is 18.9. The van der Waals surface area contributed by atoms with Crippen molar-refractivity contribution < 1.29 is 18.7 Å². The van der Waals surface area contributed by atoms with Gasteiger partial charge in [-0.05, 0) is 49.8 Å². The molecule has 7 heteroatoms. The van der Waals surface area contributed by atoms with Crippen molar-refractivity contribution in [1.29, 1.82) is 0 Å². The maximum absolute atomic E-state index is 13.6. The van der Waals surface area contributed by atoms with Crippen molar-refractivity contribution in [3.8, 4) is 5.75 Å². The molecule has 0 aliphatic rings. The van der Waals surface area contributed by atoms with Crippen molar-refractivity contribution in [3.05, 3.63) is 65.5 Å². The maximum atomic E-state index is 13.6. The first-order valence-corrected chi connectivity index (χ1v) is 9.27. The number of benzene rings is 2. The van der Waals surface area contributed by atoms with Crippen LogP contribution in [0.2, 0.25) is 0 Å². The fourth-order valence-corrected chi connectivity index (χ4v) is 2.54. The first kappa shape index (κ1) is 21.4. The van der Waals surface area contributed by atoms with Crippen molar-refractivity contribution >= 4 is 11.8 Å². The molecule has 0 bridgehead atoms. The van der Waals surface area contributed by atoms with E-state index in [4.69, 9.17) is 4.74 Å². The van der Waals surface area contributed by atoms with Crippen LogP contribution in [-0.2, 0) is 11.3 Å². The molecular weight excluding hydrogens is 361 g/mol. The molecule has 0 radical (unpaired) electrons. The molecule has 0 aromatic heterocycles. The van der Waals surface area contributed by atoms with E-state index in [9.17, 15) is 14.0 Å². The number of carbonyl (C=O) groups excluding carboxylic acids is 2. The molecule has 0 saturated heterocycles. The standard InChI is InChI=1S/C21H26FN3O3/c1-4-25(5-2)14-16-10-12-17(13-11-16)21(27)24-23-20(26)15(3)28-19-9-7-6-8-18(19)22/h6-13,15H,4-5,14H2,1-3H3,(H,23,26)(H,24,27)/t15-/m0/s1. The Hall–Kier alpha value is -2.93. The molecule has 0 saturated carbocycles. The number of hydrogen-bond donors (Lipinski definition) is 2. The van der Waals surface area contributed by atoms with Gasteiger partial charge in [0, 0.05) is 12.1 Å². The SMILES string of the molecule is CCN(CC)Cc1ccc(C(=O)NNC(=O)[C@H](C)Oc2ccccc2F)cc1. The molecule has 0 aliphatic carbocycles. The molecule has 0 unspecified atom stereocenters. The quantitative estimate of drug-likeness (QED) is 0.684. The second-order valence-corrected chi connectivity index (χ2v) is 6.29. The molecule has 2 aromatic carbocycles. The number of carbonyl (C=O) groups is 2. The van der Waals surface area contributed by atoms with Gasteiger partial charge >= 0.3 is 0 Å². The summed E-state index contributed by atoms with van der Waals surface area (Å²) in [6, 6.07) is 13.0. The summed E-state index contributed by atoms with van der Waals surface area (Å²) in [5.41, 5.74) is 6.16. The fraction of sp³-hybridized carbons (Fsp3) is 0.333. The van der Waals surface area contributed by atoms with Gasteiger partial charge in [0.1, 0.15) is 0 Å². The molecule has 150 valence electrons. The Morgan fingerprint density at radius 1 is 1.04 bits per heavy atom. The summed E-state index contributed by atoms with van der Waals surface area (Å²) in [4.78, 5) is 26.5. The van der Waals surface area contributed by atoms with E-state index in [1.807, 2.05) is 12.1 Å². The summed E-state index contributed by atoms with van der Waals surface area (Å²) in [5, 5.41) is 0. The van der Waals surface area contributed by atoms with Crippen LogP contribution in [0.3, 0.4) is 0 Å². The van der Waals surface area contributed by atoms with E-state index < -0.39 is 23.7 Å². The monoisotopic (exact) mass is 387 g/mol. The van der Waals surface area contributed by atoms with Crippen LogP contribution in [0.4, 0.5) is 4.39 Å². The van der Waals surface area contributed by atoms with Crippen molar-refractivity contribution in [1.82, 2.24) is 15.8 Å². The highest BCUT2D eigenvalue weighted by atomic mass is 19.1. The topological polar surface area (TPSA) is 70.7 Å². The van der Waals surface area contributed by atoms with Crippen LogP contribution in [0.25, 0.3) is 0 Å². The van der Waals surface area contributed by atoms with Crippen LogP contribution in [0.1, 0.15) is 36.7 Å². The van der Waals surface area contributed by atoms with Crippen molar-refractivity contribution in [3.63, 3.8) is 0 Å². The third-order valence-corrected chi connectivity index (χ3v) is 4.33. The number of ether oxygens (including phenoxy) is 1. The molecule has 6 nitrogen and oxygen atoms in total. The number of nitrogens with zero attached hydrogens (tertiary/aromatic N) is 1. The van der Waals surface area contributed by atoms with Gasteiger partial charge in [0.2, 0.25) is 0 Å². The largest absolute Gasteiger partial charge is 0.478 e. The number of para-hydroxylation sites is 1. The van der Waals surface area contributed by atoms with E-state index in [-0.39, 0.29) is 5.75 Å². The first-order chi connectivity index (χ1) is 13.4. The molecule has 2 amide bonds. The Balaban J connectivity index is 1.85.